The molecule has 2 fully saturated rings. The van der Waals surface area contributed by atoms with Gasteiger partial charge in [-0.3, -0.25) is 9.58 Å². The highest BCUT2D eigenvalue weighted by Crippen LogP contribution is 2.31. The van der Waals surface area contributed by atoms with Crippen LogP contribution in [-0.4, -0.2) is 34.3 Å². The summed E-state index contributed by atoms with van der Waals surface area (Å²) in [7, 11) is 0. The smallest absolute Gasteiger partial charge is 0.0764 e. The summed E-state index contributed by atoms with van der Waals surface area (Å²) in [5.41, 5.74) is 7.47. The van der Waals surface area contributed by atoms with Gasteiger partial charge in [-0.25, -0.2) is 0 Å². The minimum Gasteiger partial charge on any atom is -0.330 e. The van der Waals surface area contributed by atoms with E-state index in [4.69, 9.17) is 10.8 Å². The van der Waals surface area contributed by atoms with Gasteiger partial charge in [0.1, 0.15) is 0 Å². The number of likely N-dealkylation sites (tertiary alicyclic amines) is 1. The van der Waals surface area contributed by atoms with Gasteiger partial charge in [0.05, 0.1) is 11.7 Å². The first-order valence-corrected chi connectivity index (χ1v) is 8.15. The van der Waals surface area contributed by atoms with E-state index in [0.717, 1.165) is 26.2 Å². The summed E-state index contributed by atoms with van der Waals surface area (Å²) in [6.45, 7) is 6.45. The summed E-state index contributed by atoms with van der Waals surface area (Å²) >= 11 is 0. The van der Waals surface area contributed by atoms with E-state index in [1.807, 2.05) is 0 Å². The molecule has 112 valence electrons. The third-order valence-electron chi connectivity index (χ3n) is 5.30. The third-order valence-corrected chi connectivity index (χ3v) is 5.30. The van der Waals surface area contributed by atoms with Gasteiger partial charge < -0.3 is 5.73 Å². The van der Waals surface area contributed by atoms with E-state index in [9.17, 15) is 0 Å². The first kappa shape index (κ1) is 14.1. The zero-order valence-electron chi connectivity index (χ0n) is 12.7. The van der Waals surface area contributed by atoms with Crippen molar-refractivity contribution in [1.82, 2.24) is 14.7 Å². The van der Waals surface area contributed by atoms with Crippen LogP contribution in [0.15, 0.2) is 12.3 Å². The Morgan fingerprint density at radius 3 is 2.65 bits per heavy atom. The minimum absolute atomic E-state index is 0.361. The third kappa shape index (κ3) is 3.07. The Bertz CT molecular complexity index is 425. The van der Waals surface area contributed by atoms with Crippen LogP contribution in [0.2, 0.25) is 0 Å². The molecule has 0 spiro atoms. The molecule has 0 amide bonds. The highest BCUT2D eigenvalue weighted by atomic mass is 15.3. The molecular weight excluding hydrogens is 248 g/mol. The lowest BCUT2D eigenvalue weighted by Gasteiger charge is -2.38. The summed E-state index contributed by atoms with van der Waals surface area (Å²) in [6, 6.07) is 2.86. The molecule has 1 aromatic heterocycles. The number of aromatic nitrogens is 2. The molecule has 1 aromatic rings. The van der Waals surface area contributed by atoms with E-state index in [2.05, 4.69) is 28.8 Å². The lowest BCUT2D eigenvalue weighted by molar-refractivity contribution is 0.118. The summed E-state index contributed by atoms with van der Waals surface area (Å²) in [6.07, 6.45) is 9.95. The molecule has 1 aliphatic heterocycles. The molecule has 20 heavy (non-hydrogen) atoms. The normalized spacial score (nSPS) is 24.3. The average molecular weight is 276 g/mol. The molecule has 2 aliphatic rings. The van der Waals surface area contributed by atoms with Crippen molar-refractivity contribution in [3.8, 4) is 0 Å². The van der Waals surface area contributed by atoms with Crippen LogP contribution in [0.3, 0.4) is 0 Å². The van der Waals surface area contributed by atoms with Crippen LogP contribution in [0.4, 0.5) is 0 Å². The Labute approximate surface area is 122 Å². The fourth-order valence-electron chi connectivity index (χ4n) is 3.52. The maximum Gasteiger partial charge on any atom is 0.0764 e. The Morgan fingerprint density at radius 2 is 2.00 bits per heavy atom. The van der Waals surface area contributed by atoms with E-state index in [1.165, 1.54) is 44.2 Å². The molecule has 1 aliphatic carbocycles. The van der Waals surface area contributed by atoms with Crippen molar-refractivity contribution < 1.29 is 0 Å². The number of piperidine rings is 1. The van der Waals surface area contributed by atoms with Crippen molar-refractivity contribution in [2.45, 2.75) is 58.0 Å². The molecular formula is C16H28N4. The van der Waals surface area contributed by atoms with Crippen LogP contribution >= 0.6 is 0 Å². The lowest BCUT2D eigenvalue weighted by atomic mass is 9.80. The lowest BCUT2D eigenvalue weighted by Crippen LogP contribution is -2.41. The summed E-state index contributed by atoms with van der Waals surface area (Å²) in [4.78, 5) is 2.53. The van der Waals surface area contributed by atoms with Gasteiger partial charge >= 0.3 is 0 Å². The largest absolute Gasteiger partial charge is 0.330 e. The number of hydrogen-bond donors (Lipinski definition) is 1. The number of hydrogen-bond acceptors (Lipinski definition) is 3. The van der Waals surface area contributed by atoms with Crippen LogP contribution in [0.1, 0.15) is 57.2 Å². The van der Waals surface area contributed by atoms with Crippen molar-refractivity contribution >= 4 is 0 Å². The molecule has 0 radical (unpaired) electrons. The number of nitrogens with zero attached hydrogens (tertiary/aromatic N) is 3. The highest BCUT2D eigenvalue weighted by molar-refractivity contribution is 5.01. The average Bonchev–Trinajstić information content (AvgIpc) is 3.12. The standard InChI is InChI=1S/C16H28N4/c1-16(13-17)7-10-19(11-8-16)12-14-6-9-20(18-14)15-4-2-3-5-15/h6,9,15H,2-5,7-8,10-13,17H2,1H3. The maximum atomic E-state index is 5.87. The van der Waals surface area contributed by atoms with Crippen molar-refractivity contribution in [3.05, 3.63) is 18.0 Å². The summed E-state index contributed by atoms with van der Waals surface area (Å²) in [5.74, 6) is 0. The van der Waals surface area contributed by atoms with Crippen molar-refractivity contribution in [2.24, 2.45) is 11.1 Å². The summed E-state index contributed by atoms with van der Waals surface area (Å²) < 4.78 is 2.20. The predicted molar refractivity (Wildman–Crippen MR) is 81.4 cm³/mol. The van der Waals surface area contributed by atoms with E-state index in [-0.39, 0.29) is 0 Å². The van der Waals surface area contributed by atoms with Crippen LogP contribution in [0.5, 0.6) is 0 Å². The van der Waals surface area contributed by atoms with E-state index in [1.54, 1.807) is 0 Å². The molecule has 0 unspecified atom stereocenters. The molecule has 2 N–H and O–H groups in total. The number of nitrogens with two attached hydrogens (primary N) is 1. The Morgan fingerprint density at radius 1 is 1.30 bits per heavy atom. The highest BCUT2D eigenvalue weighted by Gasteiger charge is 2.28. The van der Waals surface area contributed by atoms with Crippen molar-refractivity contribution in [3.63, 3.8) is 0 Å². The Hall–Kier alpha value is -0.870. The second-order valence-corrected chi connectivity index (χ2v) is 7.02. The Balaban J connectivity index is 1.54. The zero-order chi connectivity index (χ0) is 14.0. The molecule has 0 aromatic carbocycles. The maximum absolute atomic E-state index is 5.87. The summed E-state index contributed by atoms with van der Waals surface area (Å²) in [5, 5.41) is 4.79. The molecule has 1 saturated heterocycles. The first-order valence-electron chi connectivity index (χ1n) is 8.15. The first-order chi connectivity index (χ1) is 9.68. The van der Waals surface area contributed by atoms with Gasteiger partial charge in [0.15, 0.2) is 0 Å². The molecule has 4 nitrogen and oxygen atoms in total. The number of rotatable bonds is 4. The van der Waals surface area contributed by atoms with Gasteiger partial charge in [-0.05, 0) is 56.8 Å². The van der Waals surface area contributed by atoms with Crippen molar-refractivity contribution in [1.29, 1.82) is 0 Å². The fraction of sp³-hybridized carbons (Fsp3) is 0.812. The van der Waals surface area contributed by atoms with Crippen LogP contribution in [0, 0.1) is 5.41 Å². The van der Waals surface area contributed by atoms with Crippen molar-refractivity contribution in [2.75, 3.05) is 19.6 Å². The second kappa shape index (κ2) is 5.86. The van der Waals surface area contributed by atoms with E-state index < -0.39 is 0 Å². The molecule has 3 rings (SSSR count). The van der Waals surface area contributed by atoms with E-state index >= 15 is 0 Å². The van der Waals surface area contributed by atoms with Crippen LogP contribution in [0.25, 0.3) is 0 Å². The molecule has 0 atom stereocenters. The quantitative estimate of drug-likeness (QED) is 0.919. The Kier molecular flexibility index (Phi) is 4.13. The minimum atomic E-state index is 0.361. The second-order valence-electron chi connectivity index (χ2n) is 7.02. The topological polar surface area (TPSA) is 47.1 Å². The zero-order valence-corrected chi connectivity index (χ0v) is 12.7. The van der Waals surface area contributed by atoms with Gasteiger partial charge in [0, 0.05) is 12.7 Å². The monoisotopic (exact) mass is 276 g/mol. The van der Waals surface area contributed by atoms with E-state index in [0.29, 0.717) is 11.5 Å². The predicted octanol–water partition coefficient (Wildman–Crippen LogP) is 2.56. The van der Waals surface area contributed by atoms with Gasteiger partial charge in [0.25, 0.3) is 0 Å². The molecule has 2 heterocycles. The SMILES string of the molecule is CC1(CN)CCN(Cc2ccn(C3CCCC3)n2)CC1. The van der Waals surface area contributed by atoms with Gasteiger partial charge in [-0.15, -0.1) is 0 Å². The van der Waals surface area contributed by atoms with Gasteiger partial charge in [-0.2, -0.15) is 5.10 Å². The van der Waals surface area contributed by atoms with Gasteiger partial charge in [-0.1, -0.05) is 19.8 Å². The molecule has 0 bridgehead atoms. The fourth-order valence-corrected chi connectivity index (χ4v) is 3.52. The van der Waals surface area contributed by atoms with Crippen LogP contribution in [-0.2, 0) is 6.54 Å². The van der Waals surface area contributed by atoms with Gasteiger partial charge in [0.2, 0.25) is 0 Å². The molecule has 4 heteroatoms. The molecule has 1 saturated carbocycles. The van der Waals surface area contributed by atoms with Crippen LogP contribution < -0.4 is 5.73 Å².